The molecule has 0 amide bonds. The van der Waals surface area contributed by atoms with Crippen molar-refractivity contribution >= 4 is 15.7 Å². The van der Waals surface area contributed by atoms with E-state index in [1.807, 2.05) is 0 Å². The zero-order chi connectivity index (χ0) is 14.2. The second-order valence-corrected chi connectivity index (χ2v) is 7.19. The molecule has 3 fully saturated rings. The van der Waals surface area contributed by atoms with E-state index >= 15 is 0 Å². The minimum absolute atomic E-state index is 0.00771. The van der Waals surface area contributed by atoms with Gasteiger partial charge in [-0.2, -0.15) is 0 Å². The summed E-state index contributed by atoms with van der Waals surface area (Å²) in [5.74, 6) is 5.84. The van der Waals surface area contributed by atoms with Gasteiger partial charge in [-0.3, -0.25) is 5.84 Å². The van der Waals surface area contributed by atoms with Crippen molar-refractivity contribution in [1.82, 2.24) is 9.62 Å². The van der Waals surface area contributed by atoms with E-state index in [9.17, 15) is 8.42 Å². The summed E-state index contributed by atoms with van der Waals surface area (Å²) < 4.78 is 27.9. The summed E-state index contributed by atoms with van der Waals surface area (Å²) in [7, 11) is -3.54. The fourth-order valence-electron chi connectivity index (χ4n) is 3.18. The number of rotatable bonds is 4. The molecule has 3 aliphatic rings. The topological polar surface area (TPSA) is 87.5 Å². The predicted molar refractivity (Wildman–Crippen MR) is 77.5 cm³/mol. The van der Waals surface area contributed by atoms with Crippen molar-refractivity contribution in [3.8, 4) is 0 Å². The van der Waals surface area contributed by atoms with Gasteiger partial charge >= 0.3 is 0 Å². The van der Waals surface area contributed by atoms with Gasteiger partial charge in [0.25, 0.3) is 0 Å². The highest BCUT2D eigenvalue weighted by atomic mass is 32.2. The molecule has 6 nitrogen and oxygen atoms in total. The van der Waals surface area contributed by atoms with Gasteiger partial charge in [0.2, 0.25) is 10.0 Å². The van der Waals surface area contributed by atoms with E-state index in [1.165, 1.54) is 0 Å². The normalized spacial score (nSPS) is 29.4. The molecule has 2 bridgehead atoms. The van der Waals surface area contributed by atoms with Crippen LogP contribution in [0.1, 0.15) is 12.8 Å². The van der Waals surface area contributed by atoms with E-state index in [0.29, 0.717) is 11.6 Å². The SMILES string of the molecule is NNc1ccccc1S(=O)(=O)NC1CN2CCC1CC2. The lowest BCUT2D eigenvalue weighted by Gasteiger charge is -2.44. The Morgan fingerprint density at radius 3 is 2.50 bits per heavy atom. The summed E-state index contributed by atoms with van der Waals surface area (Å²) in [6.45, 7) is 2.98. The summed E-state index contributed by atoms with van der Waals surface area (Å²) in [6, 6.07) is 6.69. The van der Waals surface area contributed by atoms with Crippen LogP contribution in [0.15, 0.2) is 29.2 Å². The van der Waals surface area contributed by atoms with Gasteiger partial charge in [-0.1, -0.05) is 12.1 Å². The van der Waals surface area contributed by atoms with Gasteiger partial charge in [0.15, 0.2) is 0 Å². The number of hydrazine groups is 1. The van der Waals surface area contributed by atoms with E-state index in [1.54, 1.807) is 24.3 Å². The molecule has 1 aromatic rings. The lowest BCUT2D eigenvalue weighted by Crippen LogP contribution is -2.57. The van der Waals surface area contributed by atoms with Gasteiger partial charge in [-0.05, 0) is 44.0 Å². The second-order valence-electron chi connectivity index (χ2n) is 5.51. The third-order valence-corrected chi connectivity index (χ3v) is 5.84. The Bertz CT molecular complexity index is 582. The first-order valence-corrected chi connectivity index (χ1v) is 8.39. The molecular formula is C13H20N4O2S. The molecule has 1 aromatic carbocycles. The van der Waals surface area contributed by atoms with Gasteiger partial charge < -0.3 is 10.3 Å². The minimum Gasteiger partial charge on any atom is -0.323 e. The van der Waals surface area contributed by atoms with Crippen molar-refractivity contribution in [3.63, 3.8) is 0 Å². The number of piperidine rings is 3. The first kappa shape index (κ1) is 13.8. The zero-order valence-electron chi connectivity index (χ0n) is 11.2. The van der Waals surface area contributed by atoms with Crippen LogP contribution in [0.5, 0.6) is 0 Å². The molecule has 3 heterocycles. The van der Waals surface area contributed by atoms with Crippen LogP contribution in [-0.2, 0) is 10.0 Å². The van der Waals surface area contributed by atoms with Crippen LogP contribution in [0.3, 0.4) is 0 Å². The standard InChI is InChI=1S/C13H20N4O2S/c14-15-11-3-1-2-4-13(11)20(18,19)16-12-9-17-7-5-10(12)6-8-17/h1-4,10,12,15-16H,5-9,14H2. The van der Waals surface area contributed by atoms with E-state index in [0.717, 1.165) is 32.5 Å². The summed E-state index contributed by atoms with van der Waals surface area (Å²) in [4.78, 5) is 2.53. The molecule has 0 aromatic heterocycles. The largest absolute Gasteiger partial charge is 0.323 e. The van der Waals surface area contributed by atoms with Crippen molar-refractivity contribution < 1.29 is 8.42 Å². The highest BCUT2D eigenvalue weighted by Crippen LogP contribution is 2.29. The molecule has 1 atom stereocenters. The lowest BCUT2D eigenvalue weighted by molar-refractivity contribution is 0.0827. The van der Waals surface area contributed by atoms with Crippen LogP contribution in [0.4, 0.5) is 5.69 Å². The second kappa shape index (κ2) is 5.33. The first-order chi connectivity index (χ1) is 9.60. The van der Waals surface area contributed by atoms with Crippen LogP contribution in [0, 0.1) is 5.92 Å². The Morgan fingerprint density at radius 1 is 1.20 bits per heavy atom. The average molecular weight is 296 g/mol. The van der Waals surface area contributed by atoms with Crippen molar-refractivity contribution in [2.24, 2.45) is 11.8 Å². The van der Waals surface area contributed by atoms with Crippen LogP contribution >= 0.6 is 0 Å². The molecule has 4 rings (SSSR count). The number of fused-ring (bicyclic) bond motifs is 3. The Labute approximate surface area is 119 Å². The van der Waals surface area contributed by atoms with Crippen molar-refractivity contribution in [3.05, 3.63) is 24.3 Å². The molecular weight excluding hydrogens is 276 g/mol. The number of nitrogens with one attached hydrogen (secondary N) is 2. The molecule has 110 valence electrons. The number of para-hydroxylation sites is 1. The monoisotopic (exact) mass is 296 g/mol. The Kier molecular flexibility index (Phi) is 3.68. The maximum Gasteiger partial charge on any atom is 0.242 e. The molecule has 3 aliphatic heterocycles. The van der Waals surface area contributed by atoms with Crippen LogP contribution in [0.2, 0.25) is 0 Å². The summed E-state index contributed by atoms with van der Waals surface area (Å²) in [5.41, 5.74) is 2.86. The van der Waals surface area contributed by atoms with Crippen molar-refractivity contribution in [2.75, 3.05) is 25.1 Å². The first-order valence-electron chi connectivity index (χ1n) is 6.90. The van der Waals surface area contributed by atoms with Crippen molar-refractivity contribution in [2.45, 2.75) is 23.8 Å². The summed E-state index contributed by atoms with van der Waals surface area (Å²) >= 11 is 0. The van der Waals surface area contributed by atoms with E-state index < -0.39 is 10.0 Å². The molecule has 0 radical (unpaired) electrons. The Balaban J connectivity index is 1.82. The highest BCUT2D eigenvalue weighted by Gasteiger charge is 2.36. The number of hydrogen-bond donors (Lipinski definition) is 3. The molecule has 0 saturated carbocycles. The van der Waals surface area contributed by atoms with Crippen LogP contribution < -0.4 is 16.0 Å². The molecule has 20 heavy (non-hydrogen) atoms. The maximum atomic E-state index is 12.5. The third kappa shape index (κ3) is 2.54. The maximum absolute atomic E-state index is 12.5. The summed E-state index contributed by atoms with van der Waals surface area (Å²) in [5, 5.41) is 0. The highest BCUT2D eigenvalue weighted by molar-refractivity contribution is 7.89. The molecule has 7 heteroatoms. The predicted octanol–water partition coefficient (Wildman–Crippen LogP) is 0.345. The number of anilines is 1. The number of nitrogens with zero attached hydrogens (tertiary/aromatic N) is 1. The minimum atomic E-state index is -3.54. The van der Waals surface area contributed by atoms with Gasteiger partial charge in [-0.25, -0.2) is 13.1 Å². The molecule has 3 saturated heterocycles. The van der Waals surface area contributed by atoms with E-state index in [4.69, 9.17) is 5.84 Å². The summed E-state index contributed by atoms with van der Waals surface area (Å²) in [6.07, 6.45) is 2.15. The number of benzene rings is 1. The molecule has 0 spiro atoms. The average Bonchev–Trinajstić information content (AvgIpc) is 2.48. The van der Waals surface area contributed by atoms with E-state index in [2.05, 4.69) is 15.0 Å². The quantitative estimate of drug-likeness (QED) is 0.551. The number of sulfonamides is 1. The lowest BCUT2D eigenvalue weighted by atomic mass is 9.85. The Morgan fingerprint density at radius 2 is 1.90 bits per heavy atom. The fourth-order valence-corrected chi connectivity index (χ4v) is 4.65. The number of nitrogen functional groups attached to an aromatic ring is 1. The van der Waals surface area contributed by atoms with E-state index in [-0.39, 0.29) is 10.9 Å². The van der Waals surface area contributed by atoms with Crippen LogP contribution in [0.25, 0.3) is 0 Å². The van der Waals surface area contributed by atoms with Gasteiger partial charge in [-0.15, -0.1) is 0 Å². The van der Waals surface area contributed by atoms with Gasteiger partial charge in [0, 0.05) is 12.6 Å². The fraction of sp³-hybridized carbons (Fsp3) is 0.538. The molecule has 1 unspecified atom stereocenters. The number of hydrogen-bond acceptors (Lipinski definition) is 5. The smallest absolute Gasteiger partial charge is 0.242 e. The Hall–Kier alpha value is -1.15. The zero-order valence-corrected chi connectivity index (χ0v) is 12.1. The third-order valence-electron chi connectivity index (χ3n) is 4.29. The number of nitrogens with two attached hydrogens (primary N) is 1. The van der Waals surface area contributed by atoms with Crippen LogP contribution in [-0.4, -0.2) is 39.0 Å². The molecule has 4 N–H and O–H groups in total. The van der Waals surface area contributed by atoms with Gasteiger partial charge in [0.05, 0.1) is 5.69 Å². The van der Waals surface area contributed by atoms with Crippen molar-refractivity contribution in [1.29, 1.82) is 0 Å². The van der Waals surface area contributed by atoms with Gasteiger partial charge in [0.1, 0.15) is 4.90 Å². The molecule has 0 aliphatic carbocycles.